The van der Waals surface area contributed by atoms with E-state index in [1.807, 2.05) is 72.8 Å². The molecule has 0 radical (unpaired) electrons. The molecule has 524 valence electrons. The molecule has 28 nitrogen and oxygen atoms in total. The number of carboxylic acid groups (broad SMARTS) is 4. The van der Waals surface area contributed by atoms with Crippen LogP contribution in [0.4, 0.5) is 0 Å². The SMILES string of the molecule is C/C(=N\N=C(/[O-])c1ccncc1)c1ccccn1.C/C(=N\N=C(/[O-])c1ccncc1)c1ccccn1.C/C(=N\N=C(/[O-])c1ccncc1)c1ccccn1.C/C(=N\N=C(/[O-])c1ccncc1)c1ccccn1.O=C(O)c1cc(Br)c(C(=O)O)cc1Br.O=C(O)c1cc(Br)c(C(=O)O)cc1Br.[Ni+2].[Ni+2]. The summed E-state index contributed by atoms with van der Waals surface area (Å²) in [7, 11) is 0. The van der Waals surface area contributed by atoms with Crippen molar-refractivity contribution in [1.82, 2.24) is 39.9 Å². The average Bonchev–Trinajstić information content (AvgIpc) is 0.832. The van der Waals surface area contributed by atoms with Crippen molar-refractivity contribution in [3.8, 4) is 0 Å². The fraction of sp³-hybridized carbons (Fsp3) is 0.0588. The predicted octanol–water partition coefficient (Wildman–Crippen LogP) is 9.24. The molecule has 0 spiro atoms. The number of aromatic carboxylic acids is 4. The van der Waals surface area contributed by atoms with Crippen molar-refractivity contribution in [3.63, 3.8) is 0 Å². The van der Waals surface area contributed by atoms with Crippen molar-refractivity contribution in [1.29, 1.82) is 0 Å². The Morgan fingerprint density at radius 2 is 0.471 bits per heavy atom. The standard InChI is InChI=1S/4C13H12N4O.2C8H4Br2O4.2Ni/c4*1-10(12-4-2-3-7-15-12)16-17-13(18)11-5-8-14-9-6-11;2*9-5-1-3(7(11)12)6(10)2-4(5)8(13)14;;/h4*2-9H,1H3,(H,17,18);2*1-2H,(H,11,12)(H,13,14);;/q;;;;;;2*+2/p-4/b4*16-10+;;;;. The molecule has 102 heavy (non-hydrogen) atoms. The Morgan fingerprint density at radius 3 is 0.618 bits per heavy atom. The van der Waals surface area contributed by atoms with E-state index < -0.39 is 47.5 Å². The Hall–Kier alpha value is -11.0. The summed E-state index contributed by atoms with van der Waals surface area (Å²) < 4.78 is 0.965. The van der Waals surface area contributed by atoms with Gasteiger partial charge in [-0.15, -0.1) is 0 Å². The van der Waals surface area contributed by atoms with E-state index in [4.69, 9.17) is 20.4 Å². The second kappa shape index (κ2) is 45.6. The number of benzene rings is 2. The van der Waals surface area contributed by atoms with Gasteiger partial charge in [0.2, 0.25) is 0 Å². The minimum Gasteiger partial charge on any atom is -0.857 e. The minimum atomic E-state index is -1.12. The summed E-state index contributed by atoms with van der Waals surface area (Å²) in [5, 5.41) is 112. The molecule has 0 fully saturated rings. The maximum atomic E-state index is 11.7. The number of aromatic nitrogens is 8. The van der Waals surface area contributed by atoms with E-state index >= 15 is 0 Å². The van der Waals surface area contributed by atoms with Gasteiger partial charge in [-0.05, 0) is 235 Å². The molecule has 0 saturated heterocycles. The van der Waals surface area contributed by atoms with E-state index in [1.54, 1.807) is 101 Å². The Balaban J connectivity index is 0.000000318. The number of carbonyl (C=O) groups is 4. The van der Waals surface area contributed by atoms with Crippen LogP contribution in [0, 0.1) is 0 Å². The zero-order chi connectivity index (χ0) is 72.9. The summed E-state index contributed by atoms with van der Waals surface area (Å²) in [4.78, 5) is 74.4. The molecule has 0 bridgehead atoms. The maximum absolute atomic E-state index is 11.7. The summed E-state index contributed by atoms with van der Waals surface area (Å²) in [5.74, 6) is -6.05. The molecule has 8 aromatic heterocycles. The number of carboxylic acids is 4. The third-order valence-electron chi connectivity index (χ3n) is 12.0. The second-order valence-corrected chi connectivity index (χ2v) is 22.4. The van der Waals surface area contributed by atoms with Crippen LogP contribution in [0.2, 0.25) is 0 Å². The third-order valence-corrected chi connectivity index (χ3v) is 14.7. The van der Waals surface area contributed by atoms with Gasteiger partial charge in [-0.2, -0.15) is 40.8 Å². The van der Waals surface area contributed by atoms with Crippen LogP contribution in [-0.4, -0.2) is 131 Å². The van der Waals surface area contributed by atoms with E-state index in [2.05, 4.69) is 144 Å². The molecule has 10 aromatic rings. The van der Waals surface area contributed by atoms with Crippen molar-refractivity contribution in [2.75, 3.05) is 0 Å². The summed E-state index contributed by atoms with van der Waals surface area (Å²) in [5.41, 5.74) is 7.08. The van der Waals surface area contributed by atoms with Crippen LogP contribution in [0.3, 0.4) is 0 Å². The van der Waals surface area contributed by atoms with Crippen LogP contribution in [0.5, 0.6) is 0 Å². The quantitative estimate of drug-likeness (QED) is 0.0303. The van der Waals surface area contributed by atoms with Crippen molar-refractivity contribution in [3.05, 3.63) is 305 Å². The van der Waals surface area contributed by atoms with E-state index in [0.717, 1.165) is 0 Å². The molecule has 0 aliphatic heterocycles. The Kier molecular flexibility index (Phi) is 38.1. The van der Waals surface area contributed by atoms with Gasteiger partial charge in [0.15, 0.2) is 0 Å². The molecule has 10 rings (SSSR count). The van der Waals surface area contributed by atoms with E-state index in [-0.39, 0.29) is 73.1 Å². The molecule has 0 aliphatic carbocycles. The van der Waals surface area contributed by atoms with Crippen LogP contribution in [0.1, 0.15) is 114 Å². The van der Waals surface area contributed by atoms with Crippen LogP contribution in [0.25, 0.3) is 0 Å². The van der Waals surface area contributed by atoms with Gasteiger partial charge in [0, 0.05) is 116 Å². The van der Waals surface area contributed by atoms with E-state index in [0.29, 0.717) is 67.9 Å². The number of halogens is 4. The number of pyridine rings is 8. The van der Waals surface area contributed by atoms with Gasteiger partial charge < -0.3 is 40.9 Å². The monoisotopic (exact) mass is 1720 g/mol. The van der Waals surface area contributed by atoms with Gasteiger partial charge in [0.05, 0.1) is 67.9 Å². The molecular formula is C68H52Br4N16Ni2O12. The van der Waals surface area contributed by atoms with Crippen molar-refractivity contribution < 1.29 is 93.0 Å². The second-order valence-electron chi connectivity index (χ2n) is 19.0. The Labute approximate surface area is 635 Å². The zero-order valence-electron chi connectivity index (χ0n) is 53.1. The smallest absolute Gasteiger partial charge is 0.857 e. The van der Waals surface area contributed by atoms with Crippen molar-refractivity contribution >= 4 is 134 Å². The maximum Gasteiger partial charge on any atom is 2.00 e. The van der Waals surface area contributed by atoms with Gasteiger partial charge in [0.1, 0.15) is 0 Å². The normalized spacial score (nSPS) is 11.5. The van der Waals surface area contributed by atoms with Crippen LogP contribution < -0.4 is 20.4 Å². The van der Waals surface area contributed by atoms with Gasteiger partial charge in [-0.1, -0.05) is 24.3 Å². The fourth-order valence-corrected chi connectivity index (χ4v) is 9.00. The summed E-state index contributed by atoms with van der Waals surface area (Å²) in [6, 6.07) is 39.7. The van der Waals surface area contributed by atoms with E-state index in [9.17, 15) is 39.6 Å². The Bertz CT molecular complexity index is 3830. The number of hydrogen-bond acceptors (Lipinski definition) is 24. The number of rotatable bonds is 16. The molecule has 0 amide bonds. The van der Waals surface area contributed by atoms with Gasteiger partial charge >= 0.3 is 56.9 Å². The largest absolute Gasteiger partial charge is 2.00 e. The van der Waals surface area contributed by atoms with Crippen LogP contribution >= 0.6 is 63.7 Å². The van der Waals surface area contributed by atoms with Crippen molar-refractivity contribution in [2.24, 2.45) is 40.8 Å². The molecule has 4 N–H and O–H groups in total. The first-order chi connectivity index (χ1) is 47.9. The first-order valence-corrected chi connectivity index (χ1v) is 31.5. The molecule has 0 aliphatic rings. The third kappa shape index (κ3) is 29.4. The van der Waals surface area contributed by atoms with Crippen LogP contribution in [0.15, 0.2) is 279 Å². The average molecular weight is 1720 g/mol. The molecule has 0 atom stereocenters. The predicted molar refractivity (Wildman–Crippen MR) is 380 cm³/mol. The topological polar surface area (TPSA) is 443 Å². The van der Waals surface area contributed by atoms with Crippen molar-refractivity contribution in [2.45, 2.75) is 27.7 Å². The fourth-order valence-electron chi connectivity index (χ4n) is 6.95. The molecule has 2 aromatic carbocycles. The Morgan fingerprint density at radius 1 is 0.294 bits per heavy atom. The van der Waals surface area contributed by atoms with E-state index in [1.165, 1.54) is 73.8 Å². The van der Waals surface area contributed by atoms with Crippen LogP contribution in [-0.2, 0) is 33.0 Å². The molecular weight excluding hydrogens is 1670 g/mol. The zero-order valence-corrected chi connectivity index (χ0v) is 61.5. The molecule has 0 saturated carbocycles. The summed E-state index contributed by atoms with van der Waals surface area (Å²) >= 11 is 11.9. The number of hydrogen-bond donors (Lipinski definition) is 4. The first kappa shape index (κ1) is 85.2. The molecule has 8 heterocycles. The summed E-state index contributed by atoms with van der Waals surface area (Å²) in [6.07, 6.45) is 19.0. The van der Waals surface area contributed by atoms with Gasteiger partial charge in [-0.25, -0.2) is 19.2 Å². The first-order valence-electron chi connectivity index (χ1n) is 28.3. The van der Waals surface area contributed by atoms with Gasteiger partial charge in [-0.3, -0.25) is 39.9 Å². The molecule has 34 heteroatoms. The minimum absolute atomic E-state index is 0. The molecule has 0 unspecified atom stereocenters. The summed E-state index contributed by atoms with van der Waals surface area (Å²) in [6.45, 7) is 7.02. The van der Waals surface area contributed by atoms with Gasteiger partial charge in [0.25, 0.3) is 0 Å². The number of nitrogens with zero attached hydrogens (tertiary/aromatic N) is 16.